The number of anilines is 2. The van der Waals surface area contributed by atoms with Gasteiger partial charge in [0.05, 0.1) is 30.6 Å². The summed E-state index contributed by atoms with van der Waals surface area (Å²) in [4.78, 5) is 26.9. The van der Waals surface area contributed by atoms with Crippen molar-refractivity contribution in [3.8, 4) is 5.88 Å². The number of carbonyl (C=O) groups is 1. The van der Waals surface area contributed by atoms with Gasteiger partial charge in [0.25, 0.3) is 5.92 Å². The minimum atomic E-state index is -2.70. The highest BCUT2D eigenvalue weighted by atomic mass is 35.5. The number of nitrogens with one attached hydrogen (secondary N) is 1. The average molecular weight is 517 g/mol. The first-order valence-electron chi connectivity index (χ1n) is 11.3. The van der Waals surface area contributed by atoms with E-state index in [1.165, 1.54) is 13.2 Å². The lowest BCUT2D eigenvalue weighted by Gasteiger charge is -2.33. The molecule has 1 atom stereocenters. The van der Waals surface area contributed by atoms with Crippen LogP contribution in [0, 0.1) is 0 Å². The SMILES string of the molecule is COc1cn2c(N3CCC(F)(F)CC3)nc3c(C(C)Nc4ccc(Cl)nc4C(=O)O)cccc3c2n1. The standard InChI is InChI=1S/C24H23ClF2N6O3/c1-13(28-16-6-7-17(25)29-20(16)22(34)35)14-4-3-5-15-19(14)31-23(32-10-8-24(26,27)9-11-32)33-12-18(36-2)30-21(15)33/h3-7,12-13,28H,8-11H2,1-2H3,(H,34,35). The highest BCUT2D eigenvalue weighted by molar-refractivity contribution is 6.29. The van der Waals surface area contributed by atoms with E-state index in [9.17, 15) is 18.7 Å². The number of carboxylic acid groups (broad SMARTS) is 1. The van der Waals surface area contributed by atoms with Crippen molar-refractivity contribution in [2.45, 2.75) is 31.7 Å². The number of halogens is 3. The number of piperidine rings is 1. The van der Waals surface area contributed by atoms with Gasteiger partial charge in [0, 0.05) is 36.9 Å². The molecule has 0 aliphatic carbocycles. The number of benzene rings is 1. The van der Waals surface area contributed by atoms with Crippen molar-refractivity contribution in [3.05, 3.63) is 52.9 Å². The van der Waals surface area contributed by atoms with Crippen LogP contribution in [0.3, 0.4) is 0 Å². The van der Waals surface area contributed by atoms with E-state index in [0.29, 0.717) is 28.7 Å². The molecular weight excluding hydrogens is 494 g/mol. The predicted molar refractivity (Wildman–Crippen MR) is 132 cm³/mol. The molecule has 12 heteroatoms. The van der Waals surface area contributed by atoms with Gasteiger partial charge >= 0.3 is 5.97 Å². The number of alkyl halides is 2. The van der Waals surface area contributed by atoms with Crippen molar-refractivity contribution in [2.75, 3.05) is 30.4 Å². The highest BCUT2D eigenvalue weighted by Crippen LogP contribution is 2.35. The summed E-state index contributed by atoms with van der Waals surface area (Å²) in [5.41, 5.74) is 2.07. The van der Waals surface area contributed by atoms with Crippen LogP contribution in [0.2, 0.25) is 5.15 Å². The Morgan fingerprint density at radius 1 is 1.19 bits per heavy atom. The molecule has 0 radical (unpaired) electrons. The molecule has 0 bridgehead atoms. The van der Waals surface area contributed by atoms with Crippen LogP contribution in [0.15, 0.2) is 36.5 Å². The van der Waals surface area contributed by atoms with Crippen LogP contribution in [0.4, 0.5) is 20.4 Å². The third kappa shape index (κ3) is 4.34. The Balaban J connectivity index is 1.62. The maximum atomic E-state index is 13.9. The topological polar surface area (TPSA) is 105 Å². The number of aromatic nitrogens is 4. The van der Waals surface area contributed by atoms with E-state index in [4.69, 9.17) is 21.3 Å². The molecule has 5 rings (SSSR count). The van der Waals surface area contributed by atoms with Gasteiger partial charge in [0.15, 0.2) is 11.3 Å². The second kappa shape index (κ2) is 9.05. The van der Waals surface area contributed by atoms with E-state index < -0.39 is 11.9 Å². The molecule has 3 aromatic heterocycles. The molecule has 0 amide bonds. The predicted octanol–water partition coefficient (Wildman–Crippen LogP) is 5.05. The number of imidazole rings is 1. The molecule has 1 aliphatic heterocycles. The first kappa shape index (κ1) is 24.0. The van der Waals surface area contributed by atoms with Crippen LogP contribution in [0.5, 0.6) is 5.88 Å². The smallest absolute Gasteiger partial charge is 0.356 e. The lowest BCUT2D eigenvalue weighted by atomic mass is 10.0. The van der Waals surface area contributed by atoms with Crippen LogP contribution in [0.25, 0.3) is 16.6 Å². The molecule has 4 heterocycles. The Kier molecular flexibility index (Phi) is 6.03. The number of nitrogens with zero attached hydrogens (tertiary/aromatic N) is 5. The monoisotopic (exact) mass is 516 g/mol. The van der Waals surface area contributed by atoms with Gasteiger partial charge in [-0.05, 0) is 25.1 Å². The van der Waals surface area contributed by atoms with Crippen LogP contribution >= 0.6 is 11.6 Å². The molecule has 0 spiro atoms. The molecule has 1 saturated heterocycles. The summed E-state index contributed by atoms with van der Waals surface area (Å²) in [6.45, 7) is 2.17. The lowest BCUT2D eigenvalue weighted by molar-refractivity contribution is -0.0222. The Labute approximate surface area is 209 Å². The number of fused-ring (bicyclic) bond motifs is 3. The molecule has 9 nitrogen and oxygen atoms in total. The summed E-state index contributed by atoms with van der Waals surface area (Å²) >= 11 is 5.89. The summed E-state index contributed by atoms with van der Waals surface area (Å²) in [6, 6.07) is 8.29. The van der Waals surface area contributed by atoms with Crippen molar-refractivity contribution < 1.29 is 23.4 Å². The summed E-state index contributed by atoms with van der Waals surface area (Å²) in [7, 11) is 1.51. The second-order valence-electron chi connectivity index (χ2n) is 8.68. The van der Waals surface area contributed by atoms with Crippen molar-refractivity contribution in [1.82, 2.24) is 19.4 Å². The van der Waals surface area contributed by atoms with E-state index in [-0.39, 0.29) is 42.8 Å². The number of carboxylic acids is 1. The van der Waals surface area contributed by atoms with Crippen LogP contribution < -0.4 is 15.0 Å². The average Bonchev–Trinajstić information content (AvgIpc) is 3.29. The fourth-order valence-corrected chi connectivity index (χ4v) is 4.60. The summed E-state index contributed by atoms with van der Waals surface area (Å²) in [5, 5.41) is 13.6. The first-order valence-corrected chi connectivity index (χ1v) is 11.7. The van der Waals surface area contributed by atoms with Gasteiger partial charge < -0.3 is 20.1 Å². The van der Waals surface area contributed by atoms with Crippen molar-refractivity contribution in [2.24, 2.45) is 0 Å². The molecule has 4 aromatic rings. The molecule has 1 fully saturated rings. The molecule has 2 N–H and O–H groups in total. The number of rotatable bonds is 6. The molecule has 36 heavy (non-hydrogen) atoms. The Hall–Kier alpha value is -3.73. The summed E-state index contributed by atoms with van der Waals surface area (Å²) in [5.74, 6) is -3.04. The Morgan fingerprint density at radius 2 is 1.94 bits per heavy atom. The van der Waals surface area contributed by atoms with Gasteiger partial charge in [-0.2, -0.15) is 4.98 Å². The van der Waals surface area contributed by atoms with E-state index in [2.05, 4.69) is 15.3 Å². The fourth-order valence-electron chi connectivity index (χ4n) is 4.45. The zero-order chi connectivity index (χ0) is 25.6. The van der Waals surface area contributed by atoms with Gasteiger partial charge in [-0.3, -0.25) is 4.40 Å². The third-order valence-corrected chi connectivity index (χ3v) is 6.52. The van der Waals surface area contributed by atoms with Gasteiger partial charge in [0.2, 0.25) is 11.8 Å². The second-order valence-corrected chi connectivity index (χ2v) is 9.06. The highest BCUT2D eigenvalue weighted by Gasteiger charge is 2.35. The molecule has 1 aliphatic rings. The fraction of sp³-hybridized carbons (Fsp3) is 0.333. The Bertz CT molecular complexity index is 1470. The third-order valence-electron chi connectivity index (χ3n) is 6.31. The van der Waals surface area contributed by atoms with Gasteiger partial charge in [-0.25, -0.2) is 23.5 Å². The molecule has 188 valence electrons. The number of aromatic carboxylic acids is 1. The lowest BCUT2D eigenvalue weighted by Crippen LogP contribution is -2.40. The summed E-state index contributed by atoms with van der Waals surface area (Å²) < 4.78 is 34.8. The quantitative estimate of drug-likeness (QED) is 0.343. The maximum absolute atomic E-state index is 13.9. The van der Waals surface area contributed by atoms with Crippen molar-refractivity contribution >= 4 is 45.8 Å². The number of pyridine rings is 1. The summed E-state index contributed by atoms with van der Waals surface area (Å²) in [6.07, 6.45) is 1.17. The minimum absolute atomic E-state index is 0.0739. The van der Waals surface area contributed by atoms with E-state index in [0.717, 1.165) is 10.9 Å². The molecular formula is C24H23ClF2N6O3. The van der Waals surface area contributed by atoms with Gasteiger partial charge in [-0.1, -0.05) is 23.7 Å². The minimum Gasteiger partial charge on any atom is -0.480 e. The van der Waals surface area contributed by atoms with E-state index in [1.807, 2.05) is 30.0 Å². The van der Waals surface area contributed by atoms with E-state index >= 15 is 0 Å². The molecule has 1 unspecified atom stereocenters. The zero-order valence-corrected chi connectivity index (χ0v) is 20.3. The number of methoxy groups -OCH3 is 1. The van der Waals surface area contributed by atoms with Crippen LogP contribution in [0.1, 0.15) is 41.9 Å². The number of hydrogen-bond donors (Lipinski definition) is 2. The van der Waals surface area contributed by atoms with Crippen molar-refractivity contribution in [1.29, 1.82) is 0 Å². The van der Waals surface area contributed by atoms with Crippen molar-refractivity contribution in [3.63, 3.8) is 0 Å². The molecule has 1 aromatic carbocycles. The maximum Gasteiger partial charge on any atom is 0.356 e. The van der Waals surface area contributed by atoms with Gasteiger partial charge in [-0.15, -0.1) is 0 Å². The molecule has 0 saturated carbocycles. The van der Waals surface area contributed by atoms with Crippen LogP contribution in [-0.4, -0.2) is 56.6 Å². The normalized spacial score (nSPS) is 16.3. The number of ether oxygens (including phenoxy) is 1. The zero-order valence-electron chi connectivity index (χ0n) is 19.5. The van der Waals surface area contributed by atoms with Gasteiger partial charge in [0.1, 0.15) is 5.15 Å². The van der Waals surface area contributed by atoms with E-state index in [1.54, 1.807) is 16.7 Å². The number of hydrogen-bond acceptors (Lipinski definition) is 7. The van der Waals surface area contributed by atoms with Crippen LogP contribution in [-0.2, 0) is 0 Å². The number of para-hydroxylation sites is 1. The largest absolute Gasteiger partial charge is 0.480 e. The Morgan fingerprint density at radius 3 is 2.64 bits per heavy atom. The first-order chi connectivity index (χ1) is 17.2.